The summed E-state index contributed by atoms with van der Waals surface area (Å²) in [4.78, 5) is 9.40. The van der Waals surface area contributed by atoms with Gasteiger partial charge >= 0.3 is 0 Å². The fourth-order valence-corrected chi connectivity index (χ4v) is 2.23. The molecular formula is C9H9ClN2OS. The molecule has 0 saturated heterocycles. The Hall–Kier alpha value is -0.870. The lowest BCUT2D eigenvalue weighted by molar-refractivity contribution is 0.529. The molecule has 0 bridgehead atoms. The van der Waals surface area contributed by atoms with Crippen molar-refractivity contribution < 1.29 is 4.42 Å². The lowest BCUT2D eigenvalue weighted by Gasteiger charge is -1.90. The number of aromatic nitrogens is 2. The van der Waals surface area contributed by atoms with E-state index in [-0.39, 0.29) is 0 Å². The highest BCUT2D eigenvalue weighted by molar-refractivity contribution is 7.15. The van der Waals surface area contributed by atoms with Gasteiger partial charge in [0.15, 0.2) is 5.76 Å². The van der Waals surface area contributed by atoms with Gasteiger partial charge in [-0.15, -0.1) is 22.9 Å². The summed E-state index contributed by atoms with van der Waals surface area (Å²) in [6.07, 6.45) is 1.69. The maximum Gasteiger partial charge on any atom is 0.209 e. The van der Waals surface area contributed by atoms with E-state index >= 15 is 0 Å². The number of nitrogens with zero attached hydrogens (tertiary/aromatic N) is 2. The van der Waals surface area contributed by atoms with E-state index in [1.807, 2.05) is 13.8 Å². The van der Waals surface area contributed by atoms with Crippen LogP contribution in [0.25, 0.3) is 10.6 Å². The number of oxazole rings is 1. The van der Waals surface area contributed by atoms with Crippen LogP contribution < -0.4 is 0 Å². The van der Waals surface area contributed by atoms with Crippen LogP contribution in [0.2, 0.25) is 0 Å². The van der Waals surface area contributed by atoms with Gasteiger partial charge in [-0.1, -0.05) is 0 Å². The average Bonchev–Trinajstić information content (AvgIpc) is 2.71. The summed E-state index contributed by atoms with van der Waals surface area (Å²) in [6, 6.07) is 0. The molecule has 0 amide bonds. The smallest absolute Gasteiger partial charge is 0.209 e. The Labute approximate surface area is 90.8 Å². The van der Waals surface area contributed by atoms with Crippen molar-refractivity contribution in [3.63, 3.8) is 0 Å². The van der Waals surface area contributed by atoms with E-state index in [2.05, 4.69) is 9.97 Å². The molecule has 0 aliphatic carbocycles. The van der Waals surface area contributed by atoms with Gasteiger partial charge in [0.05, 0.1) is 27.7 Å². The maximum atomic E-state index is 5.60. The fourth-order valence-electron chi connectivity index (χ4n) is 1.24. The first kappa shape index (κ1) is 9.68. The Kier molecular flexibility index (Phi) is 2.56. The third-order valence-corrected chi connectivity index (χ3v) is 3.11. The van der Waals surface area contributed by atoms with E-state index < -0.39 is 0 Å². The van der Waals surface area contributed by atoms with Crippen LogP contribution in [0.3, 0.4) is 0 Å². The van der Waals surface area contributed by atoms with Crippen LogP contribution >= 0.6 is 22.9 Å². The van der Waals surface area contributed by atoms with Crippen LogP contribution in [0.15, 0.2) is 10.6 Å². The summed E-state index contributed by atoms with van der Waals surface area (Å²) in [5.74, 6) is 1.60. The molecule has 2 aromatic rings. The number of alkyl halides is 1. The van der Waals surface area contributed by atoms with Crippen molar-refractivity contribution in [2.24, 2.45) is 0 Å². The molecule has 0 atom stereocenters. The van der Waals surface area contributed by atoms with Crippen LogP contribution in [-0.2, 0) is 5.88 Å². The number of halogens is 1. The predicted molar refractivity (Wildman–Crippen MR) is 56.6 cm³/mol. The molecule has 5 heteroatoms. The third-order valence-electron chi connectivity index (χ3n) is 1.80. The van der Waals surface area contributed by atoms with Crippen molar-refractivity contribution in [3.05, 3.63) is 22.8 Å². The lowest BCUT2D eigenvalue weighted by Crippen LogP contribution is -1.74. The average molecular weight is 229 g/mol. The van der Waals surface area contributed by atoms with E-state index in [1.54, 1.807) is 17.5 Å². The normalized spacial score (nSPS) is 10.8. The summed E-state index contributed by atoms with van der Waals surface area (Å²) in [5, 5.41) is 1.03. The van der Waals surface area contributed by atoms with E-state index in [0.717, 1.165) is 21.3 Å². The van der Waals surface area contributed by atoms with Crippen molar-refractivity contribution in [1.82, 2.24) is 9.97 Å². The minimum atomic E-state index is 0.302. The number of thiazole rings is 1. The van der Waals surface area contributed by atoms with Gasteiger partial charge in [0.2, 0.25) is 5.89 Å². The standard InChI is InChI=1S/C9H9ClN2OS/c1-5-9(14-6(2)12-5)7-4-11-8(3-10)13-7/h4H,3H2,1-2H3. The third kappa shape index (κ3) is 1.67. The number of hydrogen-bond donors (Lipinski definition) is 0. The van der Waals surface area contributed by atoms with Crippen LogP contribution in [0.1, 0.15) is 16.6 Å². The summed E-state index contributed by atoms with van der Waals surface area (Å²) >= 11 is 7.21. The van der Waals surface area contributed by atoms with Crippen LogP contribution in [0.4, 0.5) is 0 Å². The highest BCUT2D eigenvalue weighted by Gasteiger charge is 2.12. The Balaban J connectivity index is 2.43. The van der Waals surface area contributed by atoms with Gasteiger partial charge in [-0.05, 0) is 13.8 Å². The topological polar surface area (TPSA) is 38.9 Å². The number of hydrogen-bond acceptors (Lipinski definition) is 4. The Bertz CT molecular complexity index is 449. The summed E-state index contributed by atoms with van der Waals surface area (Å²) < 4.78 is 5.44. The maximum absolute atomic E-state index is 5.60. The second-order valence-electron chi connectivity index (χ2n) is 2.90. The zero-order valence-electron chi connectivity index (χ0n) is 7.87. The minimum Gasteiger partial charge on any atom is -0.438 e. The zero-order chi connectivity index (χ0) is 10.1. The van der Waals surface area contributed by atoms with Gasteiger partial charge in [0.1, 0.15) is 0 Å². The van der Waals surface area contributed by atoms with E-state index in [1.165, 1.54) is 0 Å². The number of rotatable bonds is 2. The molecule has 0 aliphatic heterocycles. The highest BCUT2D eigenvalue weighted by atomic mass is 35.5. The summed E-state index contributed by atoms with van der Waals surface area (Å²) in [6.45, 7) is 3.93. The molecule has 0 N–H and O–H groups in total. The van der Waals surface area contributed by atoms with Crippen molar-refractivity contribution in [1.29, 1.82) is 0 Å². The molecule has 3 nitrogen and oxygen atoms in total. The Morgan fingerprint density at radius 2 is 2.29 bits per heavy atom. The minimum absolute atomic E-state index is 0.302. The molecule has 0 aliphatic rings. The SMILES string of the molecule is Cc1nc(C)c(-c2cnc(CCl)o2)s1. The second-order valence-corrected chi connectivity index (χ2v) is 4.37. The first-order valence-corrected chi connectivity index (χ1v) is 5.51. The number of aryl methyl sites for hydroxylation is 2. The molecule has 2 rings (SSSR count). The molecule has 0 spiro atoms. The van der Waals surface area contributed by atoms with Gasteiger partial charge in [-0.3, -0.25) is 0 Å². The highest BCUT2D eigenvalue weighted by Crippen LogP contribution is 2.30. The first-order valence-electron chi connectivity index (χ1n) is 4.16. The second kappa shape index (κ2) is 3.71. The molecule has 14 heavy (non-hydrogen) atoms. The van der Waals surface area contributed by atoms with E-state index in [4.69, 9.17) is 16.0 Å². The Morgan fingerprint density at radius 3 is 2.79 bits per heavy atom. The lowest BCUT2D eigenvalue weighted by atomic mass is 10.3. The van der Waals surface area contributed by atoms with Gasteiger partial charge in [0, 0.05) is 0 Å². The largest absolute Gasteiger partial charge is 0.438 e. The molecule has 0 radical (unpaired) electrons. The van der Waals surface area contributed by atoms with Crippen LogP contribution in [-0.4, -0.2) is 9.97 Å². The summed E-state index contributed by atoms with van der Waals surface area (Å²) in [5.41, 5.74) is 0.977. The quantitative estimate of drug-likeness (QED) is 0.742. The molecule has 2 aromatic heterocycles. The van der Waals surface area contributed by atoms with Crippen LogP contribution in [0, 0.1) is 13.8 Å². The fraction of sp³-hybridized carbons (Fsp3) is 0.333. The Morgan fingerprint density at radius 1 is 1.50 bits per heavy atom. The predicted octanol–water partition coefficient (Wildman–Crippen LogP) is 3.15. The van der Waals surface area contributed by atoms with E-state index in [9.17, 15) is 0 Å². The molecule has 0 saturated carbocycles. The first-order chi connectivity index (χ1) is 6.70. The van der Waals surface area contributed by atoms with Crippen molar-refractivity contribution in [2.45, 2.75) is 19.7 Å². The van der Waals surface area contributed by atoms with Gasteiger partial charge < -0.3 is 4.42 Å². The van der Waals surface area contributed by atoms with Crippen molar-refractivity contribution >= 4 is 22.9 Å². The molecule has 2 heterocycles. The molecule has 74 valence electrons. The van der Waals surface area contributed by atoms with Crippen molar-refractivity contribution in [3.8, 4) is 10.6 Å². The van der Waals surface area contributed by atoms with Gasteiger partial charge in [0.25, 0.3) is 0 Å². The summed E-state index contributed by atoms with van der Waals surface area (Å²) in [7, 11) is 0. The molecular weight excluding hydrogens is 220 g/mol. The van der Waals surface area contributed by atoms with Crippen molar-refractivity contribution in [2.75, 3.05) is 0 Å². The molecule has 0 fully saturated rings. The van der Waals surface area contributed by atoms with E-state index in [0.29, 0.717) is 11.8 Å². The monoisotopic (exact) mass is 228 g/mol. The molecule has 0 aromatic carbocycles. The van der Waals surface area contributed by atoms with Crippen LogP contribution in [0.5, 0.6) is 0 Å². The van der Waals surface area contributed by atoms with Gasteiger partial charge in [-0.25, -0.2) is 9.97 Å². The molecule has 0 unspecified atom stereocenters. The zero-order valence-corrected chi connectivity index (χ0v) is 9.45. The van der Waals surface area contributed by atoms with Gasteiger partial charge in [-0.2, -0.15) is 0 Å².